The van der Waals surface area contributed by atoms with Gasteiger partial charge in [0.2, 0.25) is 15.9 Å². The van der Waals surface area contributed by atoms with E-state index in [0.717, 1.165) is 32.2 Å². The summed E-state index contributed by atoms with van der Waals surface area (Å²) in [5, 5.41) is 0. The molecule has 1 heterocycles. The van der Waals surface area contributed by atoms with Crippen molar-refractivity contribution in [2.24, 2.45) is 5.73 Å². The van der Waals surface area contributed by atoms with Crippen LogP contribution >= 0.6 is 12.4 Å². The van der Waals surface area contributed by atoms with Crippen LogP contribution in [0, 0.1) is 0 Å². The third-order valence-electron chi connectivity index (χ3n) is 2.30. The second kappa shape index (κ2) is 6.39. The monoisotopic (exact) mass is 271 g/mol. The van der Waals surface area contributed by atoms with Crippen LogP contribution in [-0.4, -0.2) is 51.2 Å². The summed E-state index contributed by atoms with van der Waals surface area (Å²) in [7, 11) is -3.28. The number of nitrogens with two attached hydrogens (primary N) is 1. The van der Waals surface area contributed by atoms with Gasteiger partial charge < -0.3 is 10.6 Å². The summed E-state index contributed by atoms with van der Waals surface area (Å²) >= 11 is 0. The summed E-state index contributed by atoms with van der Waals surface area (Å²) in [4.78, 5) is 13.3. The predicted octanol–water partition coefficient (Wildman–Crippen LogP) is -1.09. The first kappa shape index (κ1) is 15.6. The average molecular weight is 272 g/mol. The van der Waals surface area contributed by atoms with Crippen LogP contribution < -0.4 is 10.5 Å². The van der Waals surface area contributed by atoms with Gasteiger partial charge in [0.25, 0.3) is 0 Å². The van der Waals surface area contributed by atoms with Gasteiger partial charge in [-0.2, -0.15) is 0 Å². The van der Waals surface area contributed by atoms with E-state index in [1.165, 1.54) is 0 Å². The molecule has 1 saturated heterocycles. The van der Waals surface area contributed by atoms with Crippen molar-refractivity contribution < 1.29 is 13.2 Å². The Bertz CT molecular complexity index is 327. The van der Waals surface area contributed by atoms with E-state index in [1.807, 2.05) is 0 Å². The maximum atomic E-state index is 11.6. The molecule has 1 fully saturated rings. The number of nitrogens with zero attached hydrogens (tertiary/aromatic N) is 1. The Morgan fingerprint density at radius 2 is 1.94 bits per heavy atom. The second-order valence-electron chi connectivity index (χ2n) is 3.76. The molecule has 0 spiro atoms. The first-order valence-corrected chi connectivity index (χ1v) is 6.78. The third-order valence-corrected chi connectivity index (χ3v) is 2.99. The molecule has 6 nitrogen and oxygen atoms in total. The smallest absolute Gasteiger partial charge is 0.240 e. The van der Waals surface area contributed by atoms with Gasteiger partial charge in [-0.15, -0.1) is 12.4 Å². The molecule has 1 rings (SSSR count). The molecule has 0 radical (unpaired) electrons. The molecule has 1 aliphatic rings. The fraction of sp³-hybridized carbons (Fsp3) is 0.875. The van der Waals surface area contributed by atoms with Crippen LogP contribution in [-0.2, 0) is 14.8 Å². The minimum absolute atomic E-state index is 0. The molecule has 0 unspecified atom stereocenters. The van der Waals surface area contributed by atoms with Crippen molar-refractivity contribution >= 4 is 28.3 Å². The van der Waals surface area contributed by atoms with Gasteiger partial charge in [-0.25, -0.2) is 13.1 Å². The Morgan fingerprint density at radius 3 is 2.38 bits per heavy atom. The van der Waals surface area contributed by atoms with Gasteiger partial charge in [-0.05, 0) is 12.8 Å². The molecule has 1 aliphatic heterocycles. The minimum atomic E-state index is -3.28. The van der Waals surface area contributed by atoms with Crippen molar-refractivity contribution in [1.29, 1.82) is 0 Å². The van der Waals surface area contributed by atoms with Gasteiger partial charge in [0, 0.05) is 19.6 Å². The Morgan fingerprint density at radius 1 is 1.44 bits per heavy atom. The predicted molar refractivity (Wildman–Crippen MR) is 63.9 cm³/mol. The van der Waals surface area contributed by atoms with Crippen molar-refractivity contribution in [2.45, 2.75) is 18.9 Å². The number of sulfonamides is 1. The average Bonchev–Trinajstić information content (AvgIpc) is 2.64. The Hall–Kier alpha value is -0.370. The summed E-state index contributed by atoms with van der Waals surface area (Å²) < 4.78 is 23.8. The maximum absolute atomic E-state index is 11.6. The summed E-state index contributed by atoms with van der Waals surface area (Å²) in [5.41, 5.74) is 5.59. The highest BCUT2D eigenvalue weighted by atomic mass is 35.5. The molecule has 0 bridgehead atoms. The lowest BCUT2D eigenvalue weighted by Gasteiger charge is -2.19. The van der Waals surface area contributed by atoms with Crippen molar-refractivity contribution in [2.75, 3.05) is 25.9 Å². The van der Waals surface area contributed by atoms with Crippen LogP contribution in [0.25, 0.3) is 0 Å². The summed E-state index contributed by atoms with van der Waals surface area (Å²) in [6.45, 7) is 1.42. The number of likely N-dealkylation sites (tertiary alicyclic amines) is 1. The third kappa shape index (κ3) is 5.11. The van der Waals surface area contributed by atoms with Crippen LogP contribution in [0.2, 0.25) is 0 Å². The second-order valence-corrected chi connectivity index (χ2v) is 5.59. The van der Waals surface area contributed by atoms with E-state index >= 15 is 0 Å². The fourth-order valence-corrected chi connectivity index (χ4v) is 1.98. The SMILES string of the molecule is CS(=O)(=O)NC[C@H](N)C(=O)N1CCCC1.Cl. The molecule has 96 valence electrons. The normalized spacial score (nSPS) is 18.0. The van der Waals surface area contributed by atoms with E-state index in [0.29, 0.717) is 0 Å². The summed E-state index contributed by atoms with van der Waals surface area (Å²) in [5.74, 6) is -0.177. The van der Waals surface area contributed by atoms with E-state index in [-0.39, 0.29) is 24.9 Å². The number of halogens is 1. The fourth-order valence-electron chi connectivity index (χ4n) is 1.50. The molecule has 3 N–H and O–H groups in total. The van der Waals surface area contributed by atoms with E-state index in [1.54, 1.807) is 4.90 Å². The summed E-state index contributed by atoms with van der Waals surface area (Å²) in [6, 6.07) is -0.780. The highest BCUT2D eigenvalue weighted by molar-refractivity contribution is 7.88. The first-order chi connectivity index (χ1) is 6.90. The topological polar surface area (TPSA) is 92.5 Å². The number of nitrogens with one attached hydrogen (secondary N) is 1. The zero-order valence-electron chi connectivity index (χ0n) is 9.18. The first-order valence-electron chi connectivity index (χ1n) is 4.89. The minimum Gasteiger partial charge on any atom is -0.341 e. The lowest BCUT2D eigenvalue weighted by molar-refractivity contribution is -0.131. The van der Waals surface area contributed by atoms with E-state index in [2.05, 4.69) is 4.72 Å². The zero-order chi connectivity index (χ0) is 11.5. The molecule has 0 aromatic carbocycles. The number of hydrogen-bond acceptors (Lipinski definition) is 4. The number of rotatable bonds is 4. The maximum Gasteiger partial charge on any atom is 0.240 e. The molecule has 1 amide bonds. The van der Waals surface area contributed by atoms with Crippen LogP contribution in [0.5, 0.6) is 0 Å². The van der Waals surface area contributed by atoms with Crippen LogP contribution in [0.1, 0.15) is 12.8 Å². The van der Waals surface area contributed by atoms with Crippen LogP contribution in [0.15, 0.2) is 0 Å². The van der Waals surface area contributed by atoms with Crippen molar-refractivity contribution in [3.63, 3.8) is 0 Å². The van der Waals surface area contributed by atoms with Gasteiger partial charge in [-0.1, -0.05) is 0 Å². The summed E-state index contributed by atoms with van der Waals surface area (Å²) in [6.07, 6.45) is 3.04. The van der Waals surface area contributed by atoms with E-state index < -0.39 is 16.1 Å². The largest absolute Gasteiger partial charge is 0.341 e. The molecule has 0 saturated carbocycles. The number of carbonyl (C=O) groups is 1. The Balaban J connectivity index is 0.00000225. The number of amides is 1. The molecule has 16 heavy (non-hydrogen) atoms. The Kier molecular flexibility index (Phi) is 6.24. The highest BCUT2D eigenvalue weighted by Gasteiger charge is 2.23. The van der Waals surface area contributed by atoms with Crippen LogP contribution in [0.3, 0.4) is 0 Å². The Labute approximate surface area is 102 Å². The quantitative estimate of drug-likeness (QED) is 0.679. The number of hydrogen-bond donors (Lipinski definition) is 2. The van der Waals surface area contributed by atoms with Gasteiger partial charge in [0.1, 0.15) is 0 Å². The molecular formula is C8H18ClN3O3S. The van der Waals surface area contributed by atoms with Crippen molar-refractivity contribution in [3.8, 4) is 0 Å². The van der Waals surface area contributed by atoms with E-state index in [4.69, 9.17) is 5.73 Å². The van der Waals surface area contributed by atoms with Crippen molar-refractivity contribution in [1.82, 2.24) is 9.62 Å². The van der Waals surface area contributed by atoms with Crippen LogP contribution in [0.4, 0.5) is 0 Å². The number of carbonyl (C=O) groups excluding carboxylic acids is 1. The lowest BCUT2D eigenvalue weighted by atomic mass is 10.3. The lowest BCUT2D eigenvalue weighted by Crippen LogP contribution is -2.48. The van der Waals surface area contributed by atoms with E-state index in [9.17, 15) is 13.2 Å². The van der Waals surface area contributed by atoms with Gasteiger partial charge in [0.15, 0.2) is 0 Å². The molecule has 0 aliphatic carbocycles. The molecular weight excluding hydrogens is 254 g/mol. The molecule has 1 atom stereocenters. The molecule has 0 aromatic rings. The van der Waals surface area contributed by atoms with Crippen molar-refractivity contribution in [3.05, 3.63) is 0 Å². The van der Waals surface area contributed by atoms with Gasteiger partial charge in [-0.3, -0.25) is 4.79 Å². The molecule has 8 heteroatoms. The van der Waals surface area contributed by atoms with Gasteiger partial charge >= 0.3 is 0 Å². The molecule has 0 aromatic heterocycles. The highest BCUT2D eigenvalue weighted by Crippen LogP contribution is 2.08. The van der Waals surface area contributed by atoms with Gasteiger partial charge in [0.05, 0.1) is 12.3 Å². The standard InChI is InChI=1S/C8H17N3O3S.ClH/c1-15(13,14)10-6-7(9)8(12)11-4-2-3-5-11;/h7,10H,2-6,9H2,1H3;1H/t7-;/m0./s1. The zero-order valence-corrected chi connectivity index (χ0v) is 10.8.